The summed E-state index contributed by atoms with van der Waals surface area (Å²) in [6.45, 7) is 18.6. The number of esters is 1. The normalized spacial score (nSPS) is 13.8. The first-order valence-electron chi connectivity index (χ1n) is 7.11. The van der Waals surface area contributed by atoms with E-state index < -0.39 is 5.41 Å². The Morgan fingerprint density at radius 2 is 1.37 bits per heavy atom. The van der Waals surface area contributed by atoms with Crippen molar-refractivity contribution in [3.05, 3.63) is 0 Å². The van der Waals surface area contributed by atoms with Crippen LogP contribution in [0.2, 0.25) is 0 Å². The zero-order chi connectivity index (χ0) is 15.5. The van der Waals surface area contributed by atoms with E-state index >= 15 is 0 Å². The van der Waals surface area contributed by atoms with Gasteiger partial charge in [-0.15, -0.1) is 0 Å². The van der Waals surface area contributed by atoms with Gasteiger partial charge in [-0.3, -0.25) is 4.79 Å². The van der Waals surface area contributed by atoms with E-state index in [1.165, 1.54) is 0 Å². The van der Waals surface area contributed by atoms with Gasteiger partial charge in [0.1, 0.15) is 0 Å². The first-order chi connectivity index (χ1) is 8.32. The molecule has 0 heterocycles. The number of rotatable bonds is 5. The number of hydrogen-bond acceptors (Lipinski definition) is 3. The monoisotopic (exact) mass is 272 g/mol. The molecule has 3 heteroatoms. The second-order valence-corrected chi connectivity index (χ2v) is 8.07. The number of carbonyl (C=O) groups excluding carboxylic acids is 1. The molecule has 0 spiro atoms. The van der Waals surface area contributed by atoms with Crippen molar-refractivity contribution in [1.82, 2.24) is 0 Å². The van der Waals surface area contributed by atoms with Crippen LogP contribution in [0.4, 0.5) is 0 Å². The van der Waals surface area contributed by atoms with Gasteiger partial charge in [0.15, 0.2) is 6.79 Å². The largest absolute Gasteiger partial charge is 0.438 e. The lowest BCUT2D eigenvalue weighted by atomic mass is 9.74. The second-order valence-electron chi connectivity index (χ2n) is 8.07. The Bertz CT molecular complexity index is 278. The summed E-state index contributed by atoms with van der Waals surface area (Å²) in [6.07, 6.45) is 0.783. The van der Waals surface area contributed by atoms with Gasteiger partial charge in [-0.1, -0.05) is 48.5 Å². The highest BCUT2D eigenvalue weighted by Gasteiger charge is 2.36. The molecule has 0 saturated carbocycles. The van der Waals surface area contributed by atoms with E-state index in [0.29, 0.717) is 0 Å². The van der Waals surface area contributed by atoms with Crippen LogP contribution in [0.5, 0.6) is 0 Å². The molecule has 114 valence electrons. The molecule has 0 saturated heterocycles. The van der Waals surface area contributed by atoms with Crippen LogP contribution in [0.3, 0.4) is 0 Å². The molecule has 0 unspecified atom stereocenters. The third-order valence-electron chi connectivity index (χ3n) is 3.43. The Kier molecular flexibility index (Phi) is 6.07. The summed E-state index contributed by atoms with van der Waals surface area (Å²) in [4.78, 5) is 11.9. The van der Waals surface area contributed by atoms with Crippen LogP contribution in [0, 0.1) is 16.2 Å². The SMILES string of the molecule is CCC(C)(C)C(=O)OCOC(C(C)(C)C)C(C)(C)C. The summed E-state index contributed by atoms with van der Waals surface area (Å²) in [5, 5.41) is 0. The lowest BCUT2D eigenvalue weighted by Gasteiger charge is -2.40. The smallest absolute Gasteiger partial charge is 0.313 e. The van der Waals surface area contributed by atoms with Gasteiger partial charge < -0.3 is 9.47 Å². The van der Waals surface area contributed by atoms with Crippen LogP contribution >= 0.6 is 0 Å². The molecule has 0 amide bonds. The van der Waals surface area contributed by atoms with Crippen molar-refractivity contribution in [2.75, 3.05) is 6.79 Å². The maximum absolute atomic E-state index is 11.9. The van der Waals surface area contributed by atoms with Crippen LogP contribution in [-0.2, 0) is 14.3 Å². The minimum Gasteiger partial charge on any atom is -0.438 e. The molecule has 0 aromatic heterocycles. The zero-order valence-electron chi connectivity index (χ0n) is 14.2. The van der Waals surface area contributed by atoms with Gasteiger partial charge in [-0.2, -0.15) is 0 Å². The van der Waals surface area contributed by atoms with Crippen molar-refractivity contribution in [2.45, 2.75) is 74.8 Å². The number of ether oxygens (including phenoxy) is 2. The molecule has 0 N–H and O–H groups in total. The fourth-order valence-corrected chi connectivity index (χ4v) is 2.29. The molecule has 0 fully saturated rings. The highest BCUT2D eigenvalue weighted by molar-refractivity contribution is 5.75. The van der Waals surface area contributed by atoms with E-state index in [1.807, 2.05) is 20.8 Å². The fourth-order valence-electron chi connectivity index (χ4n) is 2.29. The lowest BCUT2D eigenvalue weighted by molar-refractivity contribution is -0.186. The Labute approximate surface area is 119 Å². The minimum absolute atomic E-state index is 0.00489. The van der Waals surface area contributed by atoms with Gasteiger partial charge in [0, 0.05) is 0 Å². The molecule has 19 heavy (non-hydrogen) atoms. The van der Waals surface area contributed by atoms with Crippen LogP contribution in [0.25, 0.3) is 0 Å². The Balaban J connectivity index is 4.50. The molecule has 0 rings (SSSR count). The third kappa shape index (κ3) is 5.94. The van der Waals surface area contributed by atoms with Crippen molar-refractivity contribution < 1.29 is 14.3 Å². The van der Waals surface area contributed by atoms with Gasteiger partial charge in [0.25, 0.3) is 0 Å². The van der Waals surface area contributed by atoms with E-state index in [0.717, 1.165) is 6.42 Å². The molecular formula is C16H32O3. The molecule has 0 aliphatic heterocycles. The summed E-state index contributed by atoms with van der Waals surface area (Å²) >= 11 is 0. The molecule has 0 aromatic carbocycles. The van der Waals surface area contributed by atoms with Crippen molar-refractivity contribution in [3.63, 3.8) is 0 Å². The summed E-state index contributed by atoms with van der Waals surface area (Å²) in [6, 6.07) is 0. The highest BCUT2D eigenvalue weighted by atomic mass is 16.7. The van der Waals surface area contributed by atoms with E-state index in [1.54, 1.807) is 0 Å². The minimum atomic E-state index is -0.442. The van der Waals surface area contributed by atoms with E-state index in [2.05, 4.69) is 41.5 Å². The van der Waals surface area contributed by atoms with Crippen molar-refractivity contribution in [1.29, 1.82) is 0 Å². The molecule has 0 radical (unpaired) electrons. The summed E-state index contributed by atoms with van der Waals surface area (Å²) in [5.41, 5.74) is -0.432. The summed E-state index contributed by atoms with van der Waals surface area (Å²) in [5.74, 6) is -0.198. The van der Waals surface area contributed by atoms with Crippen LogP contribution in [0.15, 0.2) is 0 Å². The quantitative estimate of drug-likeness (QED) is 0.549. The summed E-state index contributed by atoms with van der Waals surface area (Å²) < 4.78 is 11.1. The Hall–Kier alpha value is -0.570. The first kappa shape index (κ1) is 18.4. The molecule has 0 atom stereocenters. The average Bonchev–Trinajstić information content (AvgIpc) is 2.20. The maximum atomic E-state index is 11.9. The predicted octanol–water partition coefficient (Wildman–Crippen LogP) is 4.40. The van der Waals surface area contributed by atoms with Gasteiger partial charge in [-0.05, 0) is 31.1 Å². The van der Waals surface area contributed by atoms with E-state index in [9.17, 15) is 4.79 Å². The average molecular weight is 272 g/mol. The predicted molar refractivity (Wildman–Crippen MR) is 78.8 cm³/mol. The topological polar surface area (TPSA) is 35.5 Å². The Morgan fingerprint density at radius 1 is 0.947 bits per heavy atom. The summed E-state index contributed by atoms with van der Waals surface area (Å²) in [7, 11) is 0. The highest BCUT2D eigenvalue weighted by Crippen LogP contribution is 2.36. The van der Waals surface area contributed by atoms with Crippen LogP contribution in [0.1, 0.15) is 68.7 Å². The number of hydrogen-bond donors (Lipinski definition) is 0. The van der Waals surface area contributed by atoms with E-state index in [-0.39, 0.29) is 29.7 Å². The van der Waals surface area contributed by atoms with Gasteiger partial charge in [-0.25, -0.2) is 0 Å². The first-order valence-corrected chi connectivity index (χ1v) is 7.11. The molecular weight excluding hydrogens is 240 g/mol. The van der Waals surface area contributed by atoms with Gasteiger partial charge in [0.05, 0.1) is 11.5 Å². The lowest BCUT2D eigenvalue weighted by Crippen LogP contribution is -2.41. The standard InChI is InChI=1S/C16H32O3/c1-10-16(8,9)13(17)19-11-18-12(14(2,3)4)15(5,6)7/h12H,10-11H2,1-9H3. The van der Waals surface area contributed by atoms with Gasteiger partial charge >= 0.3 is 5.97 Å². The third-order valence-corrected chi connectivity index (χ3v) is 3.43. The maximum Gasteiger partial charge on any atom is 0.313 e. The molecule has 0 bridgehead atoms. The van der Waals surface area contributed by atoms with Crippen molar-refractivity contribution in [2.24, 2.45) is 16.2 Å². The molecule has 0 aliphatic rings. The molecule has 3 nitrogen and oxygen atoms in total. The molecule has 0 aromatic rings. The van der Waals surface area contributed by atoms with E-state index in [4.69, 9.17) is 9.47 Å². The van der Waals surface area contributed by atoms with Crippen LogP contribution in [-0.4, -0.2) is 18.9 Å². The fraction of sp³-hybridized carbons (Fsp3) is 0.938. The van der Waals surface area contributed by atoms with Crippen molar-refractivity contribution >= 4 is 5.97 Å². The number of carbonyl (C=O) groups is 1. The van der Waals surface area contributed by atoms with Gasteiger partial charge in [0.2, 0.25) is 0 Å². The van der Waals surface area contributed by atoms with Crippen molar-refractivity contribution in [3.8, 4) is 0 Å². The molecule has 0 aliphatic carbocycles. The van der Waals surface area contributed by atoms with Crippen LogP contribution < -0.4 is 0 Å². The Morgan fingerprint density at radius 3 is 1.68 bits per heavy atom. The zero-order valence-corrected chi connectivity index (χ0v) is 14.2. The second kappa shape index (κ2) is 6.25.